The monoisotopic (exact) mass is 498 g/mol. The van der Waals surface area contributed by atoms with Gasteiger partial charge in [-0.2, -0.15) is 5.26 Å². The van der Waals surface area contributed by atoms with Crippen molar-refractivity contribution in [3.05, 3.63) is 40.9 Å². The maximum atomic E-state index is 13.0. The summed E-state index contributed by atoms with van der Waals surface area (Å²) >= 11 is 6.11. The molecule has 2 fully saturated rings. The van der Waals surface area contributed by atoms with Gasteiger partial charge < -0.3 is 20.1 Å². The number of nitriles is 1. The maximum Gasteiger partial charge on any atom is 0.254 e. The van der Waals surface area contributed by atoms with Crippen molar-refractivity contribution >= 4 is 23.5 Å². The fraction of sp³-hybridized carbons (Fsp3) is 0.560. The summed E-state index contributed by atoms with van der Waals surface area (Å²) in [5.41, 5.74) is -0.202. The molecule has 1 aliphatic heterocycles. The Morgan fingerprint density at radius 1 is 1.20 bits per heavy atom. The molecule has 2 aromatic heterocycles. The van der Waals surface area contributed by atoms with Crippen molar-refractivity contribution in [3.63, 3.8) is 0 Å². The van der Waals surface area contributed by atoms with Crippen molar-refractivity contribution in [2.75, 3.05) is 24.6 Å². The highest BCUT2D eigenvalue weighted by atomic mass is 35.5. The van der Waals surface area contributed by atoms with Gasteiger partial charge in [-0.3, -0.25) is 4.79 Å². The Labute approximate surface area is 210 Å². The van der Waals surface area contributed by atoms with Crippen LogP contribution in [0.15, 0.2) is 24.7 Å². The molecule has 9 nitrogen and oxygen atoms in total. The zero-order valence-electron chi connectivity index (χ0n) is 20.5. The Kier molecular flexibility index (Phi) is 6.89. The largest absolute Gasteiger partial charge is 0.487 e. The van der Waals surface area contributed by atoms with Crippen molar-refractivity contribution in [2.24, 2.45) is 16.7 Å². The fourth-order valence-corrected chi connectivity index (χ4v) is 5.83. The first-order chi connectivity index (χ1) is 16.6. The van der Waals surface area contributed by atoms with Crippen molar-refractivity contribution in [2.45, 2.75) is 52.7 Å². The summed E-state index contributed by atoms with van der Waals surface area (Å²) in [7, 11) is 0. The third-order valence-electron chi connectivity index (χ3n) is 7.35. The van der Waals surface area contributed by atoms with Crippen LogP contribution in [0.4, 0.5) is 5.95 Å². The van der Waals surface area contributed by atoms with Gasteiger partial charge in [0.2, 0.25) is 5.95 Å². The van der Waals surface area contributed by atoms with Crippen molar-refractivity contribution in [3.8, 4) is 11.8 Å². The Hall–Kier alpha value is -2.96. The van der Waals surface area contributed by atoms with E-state index in [2.05, 4.69) is 25.2 Å². The molecule has 2 aliphatic rings. The van der Waals surface area contributed by atoms with E-state index < -0.39 is 0 Å². The number of hydrogen-bond acceptors (Lipinski definition) is 8. The second kappa shape index (κ2) is 9.59. The molecule has 1 saturated heterocycles. The Morgan fingerprint density at radius 2 is 1.83 bits per heavy atom. The summed E-state index contributed by atoms with van der Waals surface area (Å²) in [5, 5.41) is 21.7. The van der Waals surface area contributed by atoms with Gasteiger partial charge in [-0.05, 0) is 18.8 Å². The van der Waals surface area contributed by atoms with Crippen molar-refractivity contribution in [1.82, 2.24) is 20.3 Å². The van der Waals surface area contributed by atoms with Gasteiger partial charge in [0.15, 0.2) is 5.69 Å². The lowest BCUT2D eigenvalue weighted by Crippen LogP contribution is -2.74. The van der Waals surface area contributed by atoms with Crippen LogP contribution in [-0.4, -0.2) is 57.8 Å². The standard InChI is InChI=1S/C25H31ClN6O3/c1-24(2)21(25(3,4)22(24)35-17-9-18(26)19(10-27)28-13-17)31-20(34)16-11-29-23(30-12-16)32-7-5-15(14-33)6-8-32/h9,11-13,15,21-22,33H,5-8,14H2,1-4H3,(H,31,34)/t21-,22-. The number of amides is 1. The topological polar surface area (TPSA) is 124 Å². The molecule has 4 rings (SSSR count). The lowest BCUT2D eigenvalue weighted by Gasteiger charge is -2.63. The van der Waals surface area contributed by atoms with Crippen LogP contribution in [0.3, 0.4) is 0 Å². The van der Waals surface area contributed by atoms with Crippen LogP contribution in [0.5, 0.6) is 5.75 Å². The first-order valence-electron chi connectivity index (χ1n) is 11.8. The van der Waals surface area contributed by atoms with Crippen LogP contribution in [0.25, 0.3) is 0 Å². The SMILES string of the molecule is CC1(C)[C@H](NC(=O)c2cnc(N3CCC(CO)CC3)nc2)C(C)(C)[C@H]1Oc1cnc(C#N)c(Cl)c1. The first kappa shape index (κ1) is 25.1. The van der Waals surface area contributed by atoms with Crippen LogP contribution in [0.1, 0.15) is 56.6 Å². The number of rotatable bonds is 6. The molecular weight excluding hydrogens is 468 g/mol. The molecule has 0 radical (unpaired) electrons. The number of carbonyl (C=O) groups excluding carboxylic acids is 1. The summed E-state index contributed by atoms with van der Waals surface area (Å²) in [6.07, 6.45) is 6.21. The number of piperidine rings is 1. The number of nitrogens with one attached hydrogen (secondary N) is 1. The average Bonchev–Trinajstić information content (AvgIpc) is 2.85. The molecule has 2 aromatic rings. The third kappa shape index (κ3) is 4.78. The summed E-state index contributed by atoms with van der Waals surface area (Å²) in [6.45, 7) is 9.98. The first-order valence-corrected chi connectivity index (χ1v) is 12.2. The number of nitrogens with zero attached hydrogens (tertiary/aromatic N) is 5. The molecule has 0 unspecified atom stereocenters. The number of ether oxygens (including phenoxy) is 1. The minimum absolute atomic E-state index is 0.152. The van der Waals surface area contributed by atoms with Gasteiger partial charge in [0.05, 0.1) is 16.8 Å². The molecule has 0 bridgehead atoms. The Morgan fingerprint density at radius 3 is 2.37 bits per heavy atom. The highest BCUT2D eigenvalue weighted by Crippen LogP contribution is 2.55. The molecule has 10 heteroatoms. The summed E-state index contributed by atoms with van der Waals surface area (Å²) in [5.74, 6) is 1.19. The molecule has 186 valence electrons. The van der Waals surface area contributed by atoms with E-state index in [4.69, 9.17) is 21.6 Å². The van der Waals surface area contributed by atoms with Gasteiger partial charge in [0.1, 0.15) is 17.9 Å². The number of pyridine rings is 1. The smallest absolute Gasteiger partial charge is 0.254 e. The second-order valence-corrected chi connectivity index (χ2v) is 11.0. The fourth-order valence-electron chi connectivity index (χ4n) is 5.63. The van der Waals surface area contributed by atoms with Crippen molar-refractivity contribution < 1.29 is 14.6 Å². The molecule has 0 spiro atoms. The van der Waals surface area contributed by atoms with Gasteiger partial charge in [-0.25, -0.2) is 15.0 Å². The number of anilines is 1. The summed E-state index contributed by atoms with van der Waals surface area (Å²) in [6, 6.07) is 3.37. The van der Waals surface area contributed by atoms with Crippen LogP contribution in [0, 0.1) is 28.1 Å². The number of halogens is 1. The molecule has 1 saturated carbocycles. The molecular formula is C25H31ClN6O3. The van der Waals surface area contributed by atoms with Gasteiger partial charge in [0.25, 0.3) is 5.91 Å². The molecule has 2 N–H and O–H groups in total. The third-order valence-corrected chi connectivity index (χ3v) is 7.63. The number of aliphatic hydroxyl groups is 1. The van der Waals surface area contributed by atoms with E-state index in [9.17, 15) is 9.90 Å². The van der Waals surface area contributed by atoms with Gasteiger partial charge in [-0.15, -0.1) is 0 Å². The van der Waals surface area contributed by atoms with Gasteiger partial charge in [0, 0.05) is 55.0 Å². The molecule has 3 heterocycles. The van der Waals surface area contributed by atoms with E-state index in [1.807, 2.05) is 33.8 Å². The summed E-state index contributed by atoms with van der Waals surface area (Å²) < 4.78 is 6.22. The minimum Gasteiger partial charge on any atom is -0.487 e. The molecule has 0 atom stereocenters. The molecule has 1 amide bonds. The van der Waals surface area contributed by atoms with Crippen molar-refractivity contribution in [1.29, 1.82) is 5.26 Å². The Balaban J connectivity index is 1.40. The number of aromatic nitrogens is 3. The van der Waals surface area contributed by atoms with E-state index in [1.54, 1.807) is 18.5 Å². The zero-order valence-corrected chi connectivity index (χ0v) is 21.2. The lowest BCUT2D eigenvalue weighted by molar-refractivity contribution is -0.164. The number of aliphatic hydroxyl groups excluding tert-OH is 1. The quantitative estimate of drug-likeness (QED) is 0.622. The van der Waals surface area contributed by atoms with E-state index in [-0.39, 0.29) is 46.2 Å². The predicted molar refractivity (Wildman–Crippen MR) is 131 cm³/mol. The zero-order chi connectivity index (χ0) is 25.4. The van der Waals surface area contributed by atoms with Crippen LogP contribution >= 0.6 is 11.6 Å². The van der Waals surface area contributed by atoms with E-state index in [0.29, 0.717) is 23.2 Å². The molecule has 0 aromatic carbocycles. The normalized spacial score (nSPS) is 23.2. The average molecular weight is 499 g/mol. The Bertz CT molecular complexity index is 1110. The van der Waals surface area contributed by atoms with Crippen LogP contribution < -0.4 is 15.0 Å². The summed E-state index contributed by atoms with van der Waals surface area (Å²) in [4.78, 5) is 28.0. The molecule has 1 aliphatic carbocycles. The minimum atomic E-state index is -0.378. The lowest BCUT2D eigenvalue weighted by atomic mass is 9.49. The predicted octanol–water partition coefficient (Wildman–Crippen LogP) is 3.22. The number of hydrogen-bond donors (Lipinski definition) is 2. The van der Waals surface area contributed by atoms with E-state index in [1.165, 1.54) is 6.20 Å². The van der Waals surface area contributed by atoms with Gasteiger partial charge in [-0.1, -0.05) is 39.3 Å². The van der Waals surface area contributed by atoms with Crippen LogP contribution in [0.2, 0.25) is 5.02 Å². The van der Waals surface area contributed by atoms with E-state index in [0.717, 1.165) is 25.9 Å². The van der Waals surface area contributed by atoms with Gasteiger partial charge >= 0.3 is 0 Å². The second-order valence-electron chi connectivity index (χ2n) is 10.5. The van der Waals surface area contributed by atoms with E-state index >= 15 is 0 Å². The highest BCUT2D eigenvalue weighted by Gasteiger charge is 2.64. The molecule has 35 heavy (non-hydrogen) atoms. The maximum absolute atomic E-state index is 13.0. The van der Waals surface area contributed by atoms with Crippen LogP contribution in [-0.2, 0) is 0 Å². The highest BCUT2D eigenvalue weighted by molar-refractivity contribution is 6.31. The number of carbonyl (C=O) groups is 1.